The molecule has 20 heteroatoms. The summed E-state index contributed by atoms with van der Waals surface area (Å²) >= 11 is 0. The van der Waals surface area contributed by atoms with E-state index < -0.39 is 33.1 Å². The molecule has 5 unspecified atom stereocenters. The fraction of sp³-hybridized carbons (Fsp3) is 0.808. The number of aliphatic hydroxyl groups excluding tert-OH is 3. The third-order valence-corrected chi connectivity index (χ3v) is 6.84. The van der Waals surface area contributed by atoms with Gasteiger partial charge in [0.05, 0.1) is 72.9 Å². The van der Waals surface area contributed by atoms with E-state index >= 15 is 0 Å². The second kappa shape index (κ2) is 25.3. The number of hydrogen-bond acceptors (Lipinski definition) is 18. The van der Waals surface area contributed by atoms with Crippen molar-refractivity contribution in [3.63, 3.8) is 0 Å². The summed E-state index contributed by atoms with van der Waals surface area (Å²) in [5.41, 5.74) is 6.27. The molecule has 0 radical (unpaired) electrons. The van der Waals surface area contributed by atoms with Crippen molar-refractivity contribution in [3.8, 4) is 0 Å². The first-order chi connectivity index (χ1) is 22.6. The summed E-state index contributed by atoms with van der Waals surface area (Å²) in [7, 11) is -0.0909. The average molecular weight is 685 g/mol. The molecule has 0 aromatic carbocycles. The van der Waals surface area contributed by atoms with Crippen LogP contribution in [0.25, 0.3) is 11.2 Å². The molecular weight excluding hydrogens is 635 g/mol. The molecule has 0 saturated carbocycles. The van der Waals surface area contributed by atoms with Gasteiger partial charge in [-0.25, -0.2) is 19.8 Å². The smallest absolute Gasteiger partial charge is 0.360 e. The molecule has 5 atom stereocenters. The van der Waals surface area contributed by atoms with Crippen molar-refractivity contribution in [2.24, 2.45) is 5.73 Å². The number of rotatable bonds is 26. The molecule has 1 aliphatic heterocycles. The highest BCUT2D eigenvalue weighted by Gasteiger charge is 2.44. The number of anilines is 1. The van der Waals surface area contributed by atoms with E-state index in [4.69, 9.17) is 43.8 Å². The van der Waals surface area contributed by atoms with Gasteiger partial charge in [0.15, 0.2) is 23.2 Å². The number of fused-ring (bicyclic) bond motifs is 1. The molecule has 2 aromatic rings. The first-order valence-corrected chi connectivity index (χ1v) is 16.0. The van der Waals surface area contributed by atoms with E-state index in [0.29, 0.717) is 103 Å². The predicted molar refractivity (Wildman–Crippen MR) is 163 cm³/mol. The van der Waals surface area contributed by atoms with Crippen molar-refractivity contribution in [2.45, 2.75) is 37.4 Å². The molecule has 1 aliphatic rings. The lowest BCUT2D eigenvalue weighted by Crippen LogP contribution is -2.33. The molecule has 1 saturated heterocycles. The summed E-state index contributed by atoms with van der Waals surface area (Å²) in [5, 5.41) is 31.2. The van der Waals surface area contributed by atoms with Gasteiger partial charge in [0.2, 0.25) is 0 Å². The SMILES string of the molecule is CO.COOP(O)OCC1OC(n2cnc3c(NCCCOCCOCCOCCOCCOCCCN)ncnc32)C(O)C1O. The molecule has 19 nitrogen and oxygen atoms in total. The zero-order valence-corrected chi connectivity index (χ0v) is 27.2. The highest BCUT2D eigenvalue weighted by atomic mass is 31.2. The lowest BCUT2D eigenvalue weighted by atomic mass is 10.1. The Morgan fingerprint density at radius 2 is 1.46 bits per heavy atom. The summed E-state index contributed by atoms with van der Waals surface area (Å²) in [5.74, 6) is 0.508. The van der Waals surface area contributed by atoms with E-state index in [1.165, 1.54) is 24.3 Å². The molecule has 3 heterocycles. The molecule has 2 aromatic heterocycles. The fourth-order valence-corrected chi connectivity index (χ4v) is 4.48. The van der Waals surface area contributed by atoms with Gasteiger partial charge in [-0.05, 0) is 19.4 Å². The first kappa shape index (κ1) is 40.4. The van der Waals surface area contributed by atoms with Gasteiger partial charge < -0.3 is 64.2 Å². The van der Waals surface area contributed by atoms with Crippen molar-refractivity contribution in [1.82, 2.24) is 19.5 Å². The lowest BCUT2D eigenvalue weighted by Gasteiger charge is -2.16. The van der Waals surface area contributed by atoms with E-state index in [2.05, 4.69) is 29.8 Å². The predicted octanol–water partition coefficient (Wildman–Crippen LogP) is -0.898. The Bertz CT molecular complexity index is 1030. The van der Waals surface area contributed by atoms with Gasteiger partial charge in [0.25, 0.3) is 0 Å². The Labute approximate surface area is 269 Å². The Kier molecular flexibility index (Phi) is 22.2. The zero-order chi connectivity index (χ0) is 33.4. The van der Waals surface area contributed by atoms with Gasteiger partial charge >= 0.3 is 8.60 Å². The number of nitrogens with zero attached hydrogens (tertiary/aromatic N) is 4. The Balaban J connectivity index is 0.00000361. The molecule has 0 spiro atoms. The summed E-state index contributed by atoms with van der Waals surface area (Å²) in [6.45, 7) is 6.17. The van der Waals surface area contributed by atoms with Crippen LogP contribution >= 0.6 is 8.60 Å². The van der Waals surface area contributed by atoms with Crippen LogP contribution in [0, 0.1) is 0 Å². The maximum atomic E-state index is 10.6. The van der Waals surface area contributed by atoms with Crippen molar-refractivity contribution in [2.75, 3.05) is 105 Å². The normalized spacial score (nSPS) is 20.2. The third kappa shape index (κ3) is 14.5. The molecule has 46 heavy (non-hydrogen) atoms. The number of aliphatic hydroxyl groups is 3. The van der Waals surface area contributed by atoms with Gasteiger partial charge in [0.1, 0.15) is 24.6 Å². The second-order valence-electron chi connectivity index (χ2n) is 9.35. The molecule has 0 aliphatic carbocycles. The maximum absolute atomic E-state index is 10.6. The number of nitrogens with one attached hydrogen (secondary N) is 1. The largest absolute Gasteiger partial charge is 0.400 e. The van der Waals surface area contributed by atoms with Gasteiger partial charge in [-0.2, -0.15) is 4.67 Å². The van der Waals surface area contributed by atoms with Gasteiger partial charge in [0, 0.05) is 26.9 Å². The Morgan fingerprint density at radius 3 is 2.04 bits per heavy atom. The summed E-state index contributed by atoms with van der Waals surface area (Å²) in [6, 6.07) is 0. The van der Waals surface area contributed by atoms with Crippen molar-refractivity contribution in [3.05, 3.63) is 12.7 Å². The summed E-state index contributed by atoms with van der Waals surface area (Å²) in [4.78, 5) is 26.8. The minimum atomic E-state index is -2.31. The van der Waals surface area contributed by atoms with Crippen LogP contribution in [0.4, 0.5) is 5.82 Å². The summed E-state index contributed by atoms with van der Waals surface area (Å²) in [6.07, 6.45) is -0.112. The first-order valence-electron chi connectivity index (χ1n) is 14.9. The van der Waals surface area contributed by atoms with Crippen molar-refractivity contribution in [1.29, 1.82) is 0 Å². The maximum Gasteiger partial charge on any atom is 0.360 e. The van der Waals surface area contributed by atoms with E-state index in [1.54, 1.807) is 0 Å². The monoisotopic (exact) mass is 684 g/mol. The number of nitrogens with two attached hydrogens (primary N) is 1. The number of ether oxygens (including phenoxy) is 6. The molecule has 7 N–H and O–H groups in total. The summed E-state index contributed by atoms with van der Waals surface area (Å²) < 4.78 is 44.2. The quantitative estimate of drug-likeness (QED) is 0.0304. The number of aromatic nitrogens is 4. The van der Waals surface area contributed by atoms with Crippen LogP contribution in [-0.4, -0.2) is 158 Å². The van der Waals surface area contributed by atoms with Crippen LogP contribution in [0.1, 0.15) is 19.1 Å². The molecule has 266 valence electrons. The van der Waals surface area contributed by atoms with E-state index in [-0.39, 0.29) is 6.61 Å². The third-order valence-electron chi connectivity index (χ3n) is 6.20. The van der Waals surface area contributed by atoms with Gasteiger partial charge in [-0.3, -0.25) is 4.57 Å². The van der Waals surface area contributed by atoms with E-state index in [9.17, 15) is 15.1 Å². The Hall–Kier alpha value is -1.78. The molecule has 1 fully saturated rings. The molecule has 0 amide bonds. The molecule has 3 rings (SSSR count). The highest BCUT2D eigenvalue weighted by Crippen LogP contribution is 2.37. The van der Waals surface area contributed by atoms with Crippen LogP contribution in [0.15, 0.2) is 12.7 Å². The lowest BCUT2D eigenvalue weighted by molar-refractivity contribution is -0.189. The van der Waals surface area contributed by atoms with Crippen LogP contribution < -0.4 is 11.1 Å². The Morgan fingerprint density at radius 1 is 0.870 bits per heavy atom. The van der Waals surface area contributed by atoms with Crippen LogP contribution in [0.2, 0.25) is 0 Å². The minimum absolute atomic E-state index is 0.235. The van der Waals surface area contributed by atoms with Crippen molar-refractivity contribution >= 4 is 25.6 Å². The van der Waals surface area contributed by atoms with Crippen LogP contribution in [0.3, 0.4) is 0 Å². The van der Waals surface area contributed by atoms with Gasteiger partial charge in [-0.15, -0.1) is 0 Å². The van der Waals surface area contributed by atoms with Crippen LogP contribution in [0.5, 0.6) is 0 Å². The fourth-order valence-electron chi connectivity index (χ4n) is 4.03. The van der Waals surface area contributed by atoms with E-state index in [0.717, 1.165) is 13.5 Å². The second-order valence-corrected chi connectivity index (χ2v) is 10.2. The van der Waals surface area contributed by atoms with E-state index in [1.807, 2.05) is 0 Å². The van der Waals surface area contributed by atoms with Gasteiger partial charge in [-0.1, -0.05) is 0 Å². The molecular formula is C26H49N6O13P. The number of hydrogen-bond donors (Lipinski definition) is 6. The van der Waals surface area contributed by atoms with Crippen LogP contribution in [-0.2, 0) is 42.5 Å². The topological polar surface area (TPSA) is 246 Å². The highest BCUT2D eigenvalue weighted by molar-refractivity contribution is 7.40. The van der Waals surface area contributed by atoms with Crippen molar-refractivity contribution < 1.29 is 62.7 Å². The zero-order valence-electron chi connectivity index (χ0n) is 26.3. The minimum Gasteiger partial charge on any atom is -0.400 e. The number of imidazole rings is 1. The average Bonchev–Trinajstić information content (AvgIpc) is 3.62. The standard InChI is InChI=1S/C25H45N6O12P.CH4O/c1-35-43-44(34)41-16-19-21(32)22(33)25(42-19)31-18-30-20-23(28-17-29-24(20)31)27-5-3-7-37-9-11-39-13-15-40-14-12-38-10-8-36-6-2-4-26;1-2/h17-19,21-22,25,32-34H,2-16,26H2,1H3,(H,27,28,29);2H,1H3. The molecule has 0 bridgehead atoms.